The second-order valence-electron chi connectivity index (χ2n) is 7.08. The van der Waals surface area contributed by atoms with Gasteiger partial charge in [-0.2, -0.15) is 16.9 Å². The van der Waals surface area contributed by atoms with Crippen molar-refractivity contribution in [2.24, 2.45) is 7.05 Å². The summed E-state index contributed by atoms with van der Waals surface area (Å²) in [5, 5.41) is 4.54. The normalized spacial score (nSPS) is 19.7. The summed E-state index contributed by atoms with van der Waals surface area (Å²) < 4.78 is 1.72. The molecular formula is C20H26N4OS. The van der Waals surface area contributed by atoms with Crippen LogP contribution in [0, 0.1) is 0 Å². The Morgan fingerprint density at radius 1 is 1.08 bits per heavy atom. The largest absolute Gasteiger partial charge is 0.335 e. The molecule has 0 N–H and O–H groups in total. The molecule has 0 atom stereocenters. The first-order valence-electron chi connectivity index (χ1n) is 9.43. The highest BCUT2D eigenvalue weighted by Gasteiger charge is 2.28. The predicted molar refractivity (Wildman–Crippen MR) is 106 cm³/mol. The summed E-state index contributed by atoms with van der Waals surface area (Å²) in [6.07, 6.45) is 2.58. The molecule has 0 unspecified atom stereocenters. The molecule has 0 radical (unpaired) electrons. The van der Waals surface area contributed by atoms with Crippen LogP contribution in [0.5, 0.6) is 0 Å². The third kappa shape index (κ3) is 3.67. The van der Waals surface area contributed by atoms with Crippen molar-refractivity contribution in [3.63, 3.8) is 0 Å². The van der Waals surface area contributed by atoms with Crippen molar-refractivity contribution in [2.45, 2.75) is 18.9 Å². The summed E-state index contributed by atoms with van der Waals surface area (Å²) in [7, 11) is 1.86. The minimum absolute atomic E-state index is 0.0982. The van der Waals surface area contributed by atoms with Gasteiger partial charge in [-0.3, -0.25) is 14.4 Å². The molecule has 0 aliphatic carbocycles. The number of carbonyl (C=O) groups excluding carboxylic acids is 1. The van der Waals surface area contributed by atoms with E-state index in [4.69, 9.17) is 0 Å². The highest BCUT2D eigenvalue weighted by atomic mass is 32.2. The molecule has 1 aromatic heterocycles. The van der Waals surface area contributed by atoms with Gasteiger partial charge in [-0.05, 0) is 30.4 Å². The Hall–Kier alpha value is -1.79. The van der Waals surface area contributed by atoms with E-state index >= 15 is 0 Å². The average molecular weight is 371 g/mol. The van der Waals surface area contributed by atoms with Crippen LogP contribution in [0.1, 0.15) is 23.3 Å². The summed E-state index contributed by atoms with van der Waals surface area (Å²) in [5.41, 5.74) is 2.57. The molecule has 0 bridgehead atoms. The standard InChI is InChI=1S/C20H26N4OS/c1-22-19(15-18(21-22)16-5-3-2-4-6-16)20(25)24-11-9-23(10-12-24)17-7-13-26-14-8-17/h2-6,15,17H,7-14H2,1H3. The minimum atomic E-state index is 0.0982. The van der Waals surface area contributed by atoms with E-state index in [9.17, 15) is 4.79 Å². The number of nitrogens with zero attached hydrogens (tertiary/aromatic N) is 4. The highest BCUT2D eigenvalue weighted by molar-refractivity contribution is 7.99. The predicted octanol–water partition coefficient (Wildman–Crippen LogP) is 2.74. The topological polar surface area (TPSA) is 41.4 Å². The van der Waals surface area contributed by atoms with Crippen LogP contribution in [-0.4, -0.2) is 69.2 Å². The molecule has 1 aromatic carbocycles. The lowest BCUT2D eigenvalue weighted by Gasteiger charge is -2.40. The minimum Gasteiger partial charge on any atom is -0.335 e. The summed E-state index contributed by atoms with van der Waals surface area (Å²) in [5.74, 6) is 2.66. The van der Waals surface area contributed by atoms with E-state index in [0.717, 1.165) is 43.5 Å². The fraction of sp³-hybridized carbons (Fsp3) is 0.500. The zero-order valence-electron chi connectivity index (χ0n) is 15.3. The maximum absolute atomic E-state index is 13.0. The van der Waals surface area contributed by atoms with Gasteiger partial charge in [0.2, 0.25) is 0 Å². The quantitative estimate of drug-likeness (QED) is 0.833. The van der Waals surface area contributed by atoms with Crippen molar-refractivity contribution < 1.29 is 4.79 Å². The maximum Gasteiger partial charge on any atom is 0.272 e. The van der Waals surface area contributed by atoms with Gasteiger partial charge in [0.1, 0.15) is 5.69 Å². The number of carbonyl (C=O) groups is 1. The van der Waals surface area contributed by atoms with Gasteiger partial charge in [-0.15, -0.1) is 0 Å². The Labute approximate surface area is 159 Å². The van der Waals surface area contributed by atoms with Gasteiger partial charge in [0.25, 0.3) is 5.91 Å². The molecule has 4 rings (SSSR count). The number of piperazine rings is 1. The van der Waals surface area contributed by atoms with Gasteiger partial charge >= 0.3 is 0 Å². The second kappa shape index (κ2) is 7.84. The van der Waals surface area contributed by atoms with Gasteiger partial charge in [0.05, 0.1) is 5.69 Å². The fourth-order valence-electron chi connectivity index (χ4n) is 3.92. The second-order valence-corrected chi connectivity index (χ2v) is 8.30. The number of aryl methyl sites for hydroxylation is 1. The number of rotatable bonds is 3. The molecule has 138 valence electrons. The van der Waals surface area contributed by atoms with Crippen molar-refractivity contribution in [3.05, 3.63) is 42.1 Å². The first-order valence-corrected chi connectivity index (χ1v) is 10.6. The van der Waals surface area contributed by atoms with Crippen LogP contribution in [0.2, 0.25) is 0 Å². The molecule has 2 fully saturated rings. The van der Waals surface area contributed by atoms with Gasteiger partial charge in [-0.1, -0.05) is 30.3 Å². The van der Waals surface area contributed by atoms with Gasteiger partial charge in [-0.25, -0.2) is 0 Å². The number of thioether (sulfide) groups is 1. The molecule has 0 spiro atoms. The lowest BCUT2D eigenvalue weighted by Crippen LogP contribution is -2.52. The summed E-state index contributed by atoms with van der Waals surface area (Å²) in [4.78, 5) is 17.6. The van der Waals surface area contributed by atoms with Gasteiger partial charge in [0.15, 0.2) is 0 Å². The van der Waals surface area contributed by atoms with E-state index in [2.05, 4.69) is 21.8 Å². The molecule has 3 heterocycles. The van der Waals surface area contributed by atoms with Crippen molar-refractivity contribution in [1.82, 2.24) is 19.6 Å². The third-order valence-electron chi connectivity index (χ3n) is 5.48. The van der Waals surface area contributed by atoms with Crippen LogP contribution < -0.4 is 0 Å². The van der Waals surface area contributed by atoms with Gasteiger partial charge in [0, 0.05) is 44.8 Å². The first-order chi connectivity index (χ1) is 12.7. The molecule has 26 heavy (non-hydrogen) atoms. The Kier molecular flexibility index (Phi) is 5.31. The van der Waals surface area contributed by atoms with Crippen molar-refractivity contribution in [3.8, 4) is 11.3 Å². The van der Waals surface area contributed by atoms with E-state index in [0.29, 0.717) is 5.69 Å². The molecule has 2 saturated heterocycles. The number of amides is 1. The molecule has 0 saturated carbocycles. The summed E-state index contributed by atoms with van der Waals surface area (Å²) in [6.45, 7) is 3.61. The Morgan fingerprint density at radius 3 is 2.46 bits per heavy atom. The van der Waals surface area contributed by atoms with E-state index < -0.39 is 0 Å². The summed E-state index contributed by atoms with van der Waals surface area (Å²) >= 11 is 2.07. The first kappa shape index (κ1) is 17.6. The lowest BCUT2D eigenvalue weighted by molar-refractivity contribution is 0.0549. The van der Waals surface area contributed by atoms with E-state index in [1.807, 2.05) is 48.3 Å². The SMILES string of the molecule is Cn1nc(-c2ccccc2)cc1C(=O)N1CCN(C2CCSCC2)CC1. The van der Waals surface area contributed by atoms with Gasteiger partial charge < -0.3 is 4.90 Å². The molecular weight excluding hydrogens is 344 g/mol. The third-order valence-corrected chi connectivity index (χ3v) is 6.53. The van der Waals surface area contributed by atoms with Crippen LogP contribution in [0.4, 0.5) is 0 Å². The fourth-order valence-corrected chi connectivity index (χ4v) is 5.00. The van der Waals surface area contributed by atoms with Crippen molar-refractivity contribution in [2.75, 3.05) is 37.7 Å². The zero-order chi connectivity index (χ0) is 17.9. The van der Waals surface area contributed by atoms with Crippen LogP contribution in [0.3, 0.4) is 0 Å². The molecule has 2 aliphatic heterocycles. The van der Waals surface area contributed by atoms with E-state index in [-0.39, 0.29) is 5.91 Å². The number of aromatic nitrogens is 2. The molecule has 6 heteroatoms. The Morgan fingerprint density at radius 2 is 1.77 bits per heavy atom. The maximum atomic E-state index is 13.0. The monoisotopic (exact) mass is 370 g/mol. The molecule has 2 aliphatic rings. The highest BCUT2D eigenvalue weighted by Crippen LogP contribution is 2.24. The molecule has 1 amide bonds. The average Bonchev–Trinajstić information content (AvgIpc) is 3.10. The molecule has 2 aromatic rings. The molecule has 5 nitrogen and oxygen atoms in total. The van der Waals surface area contributed by atoms with E-state index in [1.54, 1.807) is 4.68 Å². The smallest absolute Gasteiger partial charge is 0.272 e. The Bertz CT molecular complexity index is 746. The lowest BCUT2D eigenvalue weighted by atomic mass is 10.1. The summed E-state index contributed by atoms with van der Waals surface area (Å²) in [6, 6.07) is 12.7. The van der Waals surface area contributed by atoms with Crippen molar-refractivity contribution in [1.29, 1.82) is 0 Å². The zero-order valence-corrected chi connectivity index (χ0v) is 16.1. The number of hydrogen-bond acceptors (Lipinski definition) is 4. The van der Waals surface area contributed by atoms with Crippen molar-refractivity contribution >= 4 is 17.7 Å². The van der Waals surface area contributed by atoms with Crippen LogP contribution in [-0.2, 0) is 7.05 Å². The van der Waals surface area contributed by atoms with E-state index in [1.165, 1.54) is 24.3 Å². The van der Waals surface area contributed by atoms with Crippen LogP contribution >= 0.6 is 11.8 Å². The van der Waals surface area contributed by atoms with Crippen LogP contribution in [0.25, 0.3) is 11.3 Å². The van der Waals surface area contributed by atoms with Crippen LogP contribution in [0.15, 0.2) is 36.4 Å². The Balaban J connectivity index is 1.41. The number of hydrogen-bond donors (Lipinski definition) is 0. The number of benzene rings is 1.